The van der Waals surface area contributed by atoms with Crippen LogP contribution in [0.1, 0.15) is 44.1 Å². The largest absolute Gasteiger partial charge is 0.508 e. The number of phenols is 3. The Hall–Kier alpha value is -5.62. The van der Waals surface area contributed by atoms with Crippen molar-refractivity contribution < 1.29 is 58.4 Å². The van der Waals surface area contributed by atoms with Gasteiger partial charge in [0.2, 0.25) is 5.78 Å². The molecule has 0 radical (unpaired) electrons. The lowest BCUT2D eigenvalue weighted by Gasteiger charge is -2.35. The van der Waals surface area contributed by atoms with Crippen molar-refractivity contribution in [3.8, 4) is 46.0 Å². The zero-order chi connectivity index (χ0) is 31.8. The summed E-state index contributed by atoms with van der Waals surface area (Å²) in [4.78, 5) is 25.8. The van der Waals surface area contributed by atoms with Crippen LogP contribution in [-0.4, -0.2) is 65.2 Å². The maximum atomic E-state index is 12.9. The molecule has 0 amide bonds. The van der Waals surface area contributed by atoms with Crippen LogP contribution >= 0.6 is 0 Å². The van der Waals surface area contributed by atoms with Crippen LogP contribution in [0.3, 0.4) is 0 Å². The number of phenolic OH excluding ortho intramolecular Hbond substituents is 3. The molecule has 4 aromatic carbocycles. The van der Waals surface area contributed by atoms with Crippen molar-refractivity contribution in [1.82, 2.24) is 0 Å². The third-order valence-electron chi connectivity index (χ3n) is 7.52. The van der Waals surface area contributed by atoms with E-state index in [0.717, 1.165) is 6.07 Å². The van der Waals surface area contributed by atoms with Crippen molar-refractivity contribution in [3.63, 3.8) is 0 Å². The van der Waals surface area contributed by atoms with E-state index in [0.29, 0.717) is 28.2 Å². The highest BCUT2D eigenvalue weighted by molar-refractivity contribution is 6.05. The number of Topliss-reactive ketones (excluding diaryl/α,β-unsaturated/α-hetero) is 1. The standard InChI is InChI=1S/C33H28O12/c1-40-20-7-3-16(4-8-20)33(39)42-15-27-31(17-5-9-21(35)24(11-17)41-2)44-25-12-18(6-10-23(25)43-27)32-30(38)29(37)28-22(36)13-19(34)14-26(28)45-32/h3-14,27,30-32,34-36,38H,15H2,1-2H3/t27?,30-,31?,32+/m0/s1. The van der Waals surface area contributed by atoms with E-state index in [1.807, 2.05) is 0 Å². The van der Waals surface area contributed by atoms with Gasteiger partial charge in [-0.15, -0.1) is 0 Å². The van der Waals surface area contributed by atoms with E-state index in [1.54, 1.807) is 48.5 Å². The van der Waals surface area contributed by atoms with Crippen LogP contribution in [0.2, 0.25) is 0 Å². The molecule has 0 bridgehead atoms. The van der Waals surface area contributed by atoms with Gasteiger partial charge in [0.05, 0.1) is 19.8 Å². The van der Waals surface area contributed by atoms with Gasteiger partial charge in [-0.3, -0.25) is 4.79 Å². The number of ketones is 1. The van der Waals surface area contributed by atoms with Gasteiger partial charge in [0.1, 0.15) is 35.2 Å². The first-order chi connectivity index (χ1) is 21.7. The number of fused-ring (bicyclic) bond motifs is 2. The Morgan fingerprint density at radius 3 is 2.20 bits per heavy atom. The topological polar surface area (TPSA) is 170 Å². The van der Waals surface area contributed by atoms with E-state index in [9.17, 15) is 30.0 Å². The number of carbonyl (C=O) groups excluding carboxylic acids is 2. The van der Waals surface area contributed by atoms with Gasteiger partial charge >= 0.3 is 5.97 Å². The second-order valence-electron chi connectivity index (χ2n) is 10.3. The molecule has 4 N–H and O–H groups in total. The Bertz CT molecular complexity index is 1770. The molecule has 0 fully saturated rings. The molecular weight excluding hydrogens is 588 g/mol. The number of benzene rings is 4. The van der Waals surface area contributed by atoms with Crippen LogP contribution < -0.4 is 23.7 Å². The van der Waals surface area contributed by atoms with Crippen molar-refractivity contribution in [2.24, 2.45) is 0 Å². The number of esters is 1. The fraction of sp³-hybridized carbons (Fsp3) is 0.212. The molecule has 4 aromatic rings. The Morgan fingerprint density at radius 2 is 1.47 bits per heavy atom. The normalized spacial score (nSPS) is 20.0. The van der Waals surface area contributed by atoms with Gasteiger partial charge in [-0.05, 0) is 54.1 Å². The fourth-order valence-corrected chi connectivity index (χ4v) is 5.24. The van der Waals surface area contributed by atoms with Gasteiger partial charge in [0, 0.05) is 17.7 Å². The van der Waals surface area contributed by atoms with Crippen LogP contribution in [-0.2, 0) is 4.74 Å². The van der Waals surface area contributed by atoms with E-state index in [1.165, 1.54) is 32.4 Å². The van der Waals surface area contributed by atoms with Crippen LogP contribution in [0.25, 0.3) is 0 Å². The van der Waals surface area contributed by atoms with Crippen molar-refractivity contribution in [3.05, 3.63) is 95.1 Å². The molecule has 4 atom stereocenters. The summed E-state index contributed by atoms with van der Waals surface area (Å²) in [5, 5.41) is 41.0. The molecular formula is C33H28O12. The first-order valence-electron chi connectivity index (χ1n) is 13.8. The number of hydrogen-bond acceptors (Lipinski definition) is 12. The highest BCUT2D eigenvalue weighted by Gasteiger charge is 2.41. The summed E-state index contributed by atoms with van der Waals surface area (Å²) in [7, 11) is 2.93. The molecule has 2 heterocycles. The molecule has 6 rings (SSSR count). The fourth-order valence-electron chi connectivity index (χ4n) is 5.24. The zero-order valence-corrected chi connectivity index (χ0v) is 24.0. The number of aliphatic hydroxyl groups is 1. The molecule has 0 spiro atoms. The monoisotopic (exact) mass is 616 g/mol. The van der Waals surface area contributed by atoms with E-state index >= 15 is 0 Å². The van der Waals surface area contributed by atoms with Gasteiger partial charge in [-0.1, -0.05) is 12.1 Å². The average Bonchev–Trinajstić information content (AvgIpc) is 3.04. The Kier molecular flexibility index (Phi) is 7.73. The number of carbonyl (C=O) groups is 2. The maximum absolute atomic E-state index is 12.9. The van der Waals surface area contributed by atoms with Crippen molar-refractivity contribution in [2.75, 3.05) is 20.8 Å². The summed E-state index contributed by atoms with van der Waals surface area (Å²) >= 11 is 0. The third-order valence-corrected chi connectivity index (χ3v) is 7.52. The van der Waals surface area contributed by atoms with E-state index in [-0.39, 0.29) is 40.9 Å². The first-order valence-corrected chi connectivity index (χ1v) is 13.8. The van der Waals surface area contributed by atoms with Crippen LogP contribution in [0.15, 0.2) is 72.8 Å². The molecule has 0 saturated carbocycles. The summed E-state index contributed by atoms with van der Waals surface area (Å²) in [6, 6.07) is 17.9. The van der Waals surface area contributed by atoms with Gasteiger partial charge < -0.3 is 48.8 Å². The molecule has 2 aliphatic heterocycles. The van der Waals surface area contributed by atoms with Crippen molar-refractivity contribution >= 4 is 11.8 Å². The smallest absolute Gasteiger partial charge is 0.338 e. The minimum absolute atomic E-state index is 0.0875. The maximum Gasteiger partial charge on any atom is 0.338 e. The molecule has 0 aromatic heterocycles. The highest BCUT2D eigenvalue weighted by Crippen LogP contribution is 2.46. The Labute approximate surface area is 256 Å². The Balaban J connectivity index is 1.30. The highest BCUT2D eigenvalue weighted by atomic mass is 16.6. The Morgan fingerprint density at radius 1 is 0.756 bits per heavy atom. The van der Waals surface area contributed by atoms with E-state index < -0.39 is 41.9 Å². The number of aromatic hydroxyl groups is 3. The molecule has 0 aliphatic carbocycles. The number of hydrogen-bond donors (Lipinski definition) is 4. The molecule has 2 unspecified atom stereocenters. The second kappa shape index (κ2) is 11.8. The van der Waals surface area contributed by atoms with Crippen molar-refractivity contribution in [1.29, 1.82) is 0 Å². The number of ether oxygens (including phenoxy) is 6. The molecule has 45 heavy (non-hydrogen) atoms. The predicted molar refractivity (Wildman–Crippen MR) is 156 cm³/mol. The molecule has 2 aliphatic rings. The van der Waals surface area contributed by atoms with Gasteiger partial charge in [-0.25, -0.2) is 4.79 Å². The van der Waals surface area contributed by atoms with E-state index in [4.69, 9.17) is 28.4 Å². The molecule has 12 nitrogen and oxygen atoms in total. The number of aliphatic hydroxyl groups excluding tert-OH is 1. The molecule has 12 heteroatoms. The third kappa shape index (κ3) is 5.58. The average molecular weight is 617 g/mol. The van der Waals surface area contributed by atoms with Gasteiger partial charge in [-0.2, -0.15) is 0 Å². The van der Waals surface area contributed by atoms with Crippen LogP contribution in [0.5, 0.6) is 46.0 Å². The quantitative estimate of drug-likeness (QED) is 0.218. The second-order valence-corrected chi connectivity index (χ2v) is 10.3. The van der Waals surface area contributed by atoms with Crippen LogP contribution in [0, 0.1) is 0 Å². The first kappa shape index (κ1) is 29.5. The minimum Gasteiger partial charge on any atom is -0.508 e. The number of rotatable bonds is 7. The van der Waals surface area contributed by atoms with Gasteiger partial charge in [0.25, 0.3) is 0 Å². The van der Waals surface area contributed by atoms with Crippen molar-refractivity contribution in [2.45, 2.75) is 24.4 Å². The molecule has 232 valence electrons. The summed E-state index contributed by atoms with van der Waals surface area (Å²) in [6.07, 6.45) is -4.57. The zero-order valence-electron chi connectivity index (χ0n) is 24.0. The SMILES string of the molecule is COc1ccc(C(=O)OCC2Oc3ccc([C@H]4Oc5cc(O)cc(O)c5C(=O)[C@@H]4O)cc3OC2c2ccc(O)c(OC)c2)cc1. The summed E-state index contributed by atoms with van der Waals surface area (Å²) < 4.78 is 34.5. The molecule has 0 saturated heterocycles. The lowest BCUT2D eigenvalue weighted by Crippen LogP contribution is -2.38. The van der Waals surface area contributed by atoms with Gasteiger partial charge in [0.15, 0.2) is 47.4 Å². The number of methoxy groups -OCH3 is 2. The minimum atomic E-state index is -1.67. The summed E-state index contributed by atoms with van der Waals surface area (Å²) in [6.45, 7) is -0.206. The lowest BCUT2D eigenvalue weighted by atomic mass is 9.92. The summed E-state index contributed by atoms with van der Waals surface area (Å²) in [5.74, 6) is -1.08. The van der Waals surface area contributed by atoms with Crippen LogP contribution in [0.4, 0.5) is 0 Å². The predicted octanol–water partition coefficient (Wildman–Crippen LogP) is 4.24. The van der Waals surface area contributed by atoms with E-state index in [2.05, 4.69) is 0 Å². The summed E-state index contributed by atoms with van der Waals surface area (Å²) in [5.41, 5.74) is 0.958. The lowest BCUT2D eigenvalue weighted by molar-refractivity contribution is -0.0259.